The maximum atomic E-state index is 13.0. The molecule has 3 aromatic rings. The summed E-state index contributed by atoms with van der Waals surface area (Å²) in [5, 5.41) is 3.18. The standard InChI is InChI=1S/C29H35N3O2/c1-21(2)34-27-15-11-24(12-16-27)29(33)30-19-28(23-9-13-26(14-10-23)31(3)4)32-18-17-22-7-5-6-8-25(22)20-32/h5-16,21,28H,17-20H2,1-4H3,(H,30,33)/t28-/m0/s1. The minimum absolute atomic E-state index is 0.0663. The van der Waals surface area contributed by atoms with Crippen molar-refractivity contribution in [1.82, 2.24) is 10.2 Å². The van der Waals surface area contributed by atoms with Crippen LogP contribution in [0.4, 0.5) is 5.69 Å². The Morgan fingerprint density at radius 2 is 1.65 bits per heavy atom. The van der Waals surface area contributed by atoms with Crippen molar-refractivity contribution in [3.8, 4) is 5.75 Å². The number of hydrogen-bond acceptors (Lipinski definition) is 4. The largest absolute Gasteiger partial charge is 0.491 e. The summed E-state index contributed by atoms with van der Waals surface area (Å²) in [6.07, 6.45) is 1.13. The van der Waals surface area contributed by atoms with Crippen LogP contribution in [0.15, 0.2) is 72.8 Å². The second kappa shape index (κ2) is 10.7. The van der Waals surface area contributed by atoms with E-state index in [-0.39, 0.29) is 18.1 Å². The van der Waals surface area contributed by atoms with Gasteiger partial charge in [-0.2, -0.15) is 0 Å². The highest BCUT2D eigenvalue weighted by Gasteiger charge is 2.25. The average Bonchev–Trinajstić information content (AvgIpc) is 2.84. The third kappa shape index (κ3) is 5.78. The Kier molecular flexibility index (Phi) is 7.53. The Morgan fingerprint density at radius 1 is 0.971 bits per heavy atom. The Bertz CT molecular complexity index is 1090. The van der Waals surface area contributed by atoms with Crippen LogP contribution in [0.2, 0.25) is 0 Å². The van der Waals surface area contributed by atoms with E-state index in [1.807, 2.05) is 52.2 Å². The molecule has 1 aliphatic heterocycles. The van der Waals surface area contributed by atoms with E-state index < -0.39 is 0 Å². The van der Waals surface area contributed by atoms with E-state index >= 15 is 0 Å². The third-order valence-electron chi connectivity index (χ3n) is 6.34. The molecule has 5 heteroatoms. The van der Waals surface area contributed by atoms with Gasteiger partial charge in [0.05, 0.1) is 12.1 Å². The van der Waals surface area contributed by atoms with Crippen LogP contribution in [0, 0.1) is 0 Å². The molecule has 1 heterocycles. The minimum atomic E-state index is -0.0663. The maximum absolute atomic E-state index is 13.0. The molecular formula is C29H35N3O2. The van der Waals surface area contributed by atoms with E-state index in [9.17, 15) is 4.79 Å². The summed E-state index contributed by atoms with van der Waals surface area (Å²) < 4.78 is 5.70. The number of hydrogen-bond donors (Lipinski definition) is 1. The topological polar surface area (TPSA) is 44.8 Å². The van der Waals surface area contributed by atoms with E-state index in [0.29, 0.717) is 12.1 Å². The highest BCUT2D eigenvalue weighted by molar-refractivity contribution is 5.94. The molecule has 0 bridgehead atoms. The fourth-order valence-corrected chi connectivity index (χ4v) is 4.48. The first-order valence-electron chi connectivity index (χ1n) is 12.0. The molecule has 0 unspecified atom stereocenters. The molecule has 0 saturated heterocycles. The lowest BCUT2D eigenvalue weighted by molar-refractivity contribution is 0.0927. The van der Waals surface area contributed by atoms with Gasteiger partial charge in [0.15, 0.2) is 0 Å². The van der Waals surface area contributed by atoms with Crippen molar-refractivity contribution < 1.29 is 9.53 Å². The number of ether oxygens (including phenoxy) is 1. The Hall–Kier alpha value is -3.31. The smallest absolute Gasteiger partial charge is 0.251 e. The third-order valence-corrected chi connectivity index (χ3v) is 6.34. The van der Waals surface area contributed by atoms with Gasteiger partial charge in [0, 0.05) is 45.0 Å². The average molecular weight is 458 g/mol. The number of carbonyl (C=O) groups excluding carboxylic acids is 1. The molecule has 0 saturated carbocycles. The number of nitrogens with one attached hydrogen (secondary N) is 1. The van der Waals surface area contributed by atoms with E-state index in [1.165, 1.54) is 22.4 Å². The van der Waals surface area contributed by atoms with E-state index in [4.69, 9.17) is 4.74 Å². The summed E-state index contributed by atoms with van der Waals surface area (Å²) in [7, 11) is 4.09. The van der Waals surface area contributed by atoms with Crippen LogP contribution in [0.3, 0.4) is 0 Å². The summed E-state index contributed by atoms with van der Waals surface area (Å²) >= 11 is 0. The lowest BCUT2D eigenvalue weighted by Crippen LogP contribution is -2.40. The van der Waals surface area contributed by atoms with E-state index in [2.05, 4.69) is 63.6 Å². The van der Waals surface area contributed by atoms with Crippen LogP contribution in [-0.2, 0) is 13.0 Å². The molecule has 1 amide bonds. The second-order valence-corrected chi connectivity index (χ2v) is 9.39. The molecule has 178 valence electrons. The number of anilines is 1. The second-order valence-electron chi connectivity index (χ2n) is 9.39. The van der Waals surface area contributed by atoms with Gasteiger partial charge >= 0.3 is 0 Å². The van der Waals surface area contributed by atoms with Crippen LogP contribution in [-0.4, -0.2) is 44.1 Å². The van der Waals surface area contributed by atoms with Gasteiger partial charge in [0.1, 0.15) is 5.75 Å². The van der Waals surface area contributed by atoms with Gasteiger partial charge in [-0.3, -0.25) is 9.69 Å². The highest BCUT2D eigenvalue weighted by atomic mass is 16.5. The van der Waals surface area contributed by atoms with E-state index in [0.717, 1.165) is 25.3 Å². The molecule has 5 nitrogen and oxygen atoms in total. The van der Waals surface area contributed by atoms with Crippen LogP contribution >= 0.6 is 0 Å². The Balaban J connectivity index is 1.50. The molecule has 34 heavy (non-hydrogen) atoms. The van der Waals surface area contributed by atoms with Crippen molar-refractivity contribution in [3.05, 3.63) is 95.1 Å². The number of fused-ring (bicyclic) bond motifs is 1. The lowest BCUT2D eigenvalue weighted by Gasteiger charge is -2.36. The van der Waals surface area contributed by atoms with Crippen molar-refractivity contribution in [2.45, 2.75) is 39.0 Å². The SMILES string of the molecule is CC(C)Oc1ccc(C(=O)NC[C@@H](c2ccc(N(C)C)cc2)N2CCc3ccccc3C2)cc1. The van der Waals surface area contributed by atoms with Crippen LogP contribution < -0.4 is 15.0 Å². The normalized spacial score (nSPS) is 14.4. The van der Waals surface area contributed by atoms with Gasteiger partial charge in [-0.1, -0.05) is 36.4 Å². The van der Waals surface area contributed by atoms with Gasteiger partial charge in [-0.15, -0.1) is 0 Å². The number of amides is 1. The quantitative estimate of drug-likeness (QED) is 0.513. The molecule has 1 N–H and O–H groups in total. The fourth-order valence-electron chi connectivity index (χ4n) is 4.48. The zero-order valence-electron chi connectivity index (χ0n) is 20.6. The molecular weight excluding hydrogens is 422 g/mol. The molecule has 0 fully saturated rings. The van der Waals surface area contributed by atoms with Crippen molar-refractivity contribution in [2.24, 2.45) is 0 Å². The highest BCUT2D eigenvalue weighted by Crippen LogP contribution is 2.29. The summed E-state index contributed by atoms with van der Waals surface area (Å²) in [5.74, 6) is 0.709. The monoisotopic (exact) mass is 457 g/mol. The van der Waals surface area contributed by atoms with Crippen molar-refractivity contribution >= 4 is 11.6 Å². The molecule has 0 spiro atoms. The van der Waals surface area contributed by atoms with Crippen molar-refractivity contribution in [3.63, 3.8) is 0 Å². The first kappa shape index (κ1) is 23.8. The van der Waals surface area contributed by atoms with E-state index in [1.54, 1.807) is 0 Å². The summed E-state index contributed by atoms with van der Waals surface area (Å²) in [6.45, 7) is 6.38. The number of rotatable bonds is 8. The summed E-state index contributed by atoms with van der Waals surface area (Å²) in [5.41, 5.74) is 5.82. The predicted molar refractivity (Wildman–Crippen MR) is 139 cm³/mol. The lowest BCUT2D eigenvalue weighted by atomic mass is 9.96. The molecule has 0 aliphatic carbocycles. The number of carbonyl (C=O) groups is 1. The summed E-state index contributed by atoms with van der Waals surface area (Å²) in [6, 6.07) is 24.8. The molecule has 3 aromatic carbocycles. The molecule has 1 atom stereocenters. The van der Waals surface area contributed by atoms with Crippen molar-refractivity contribution in [1.29, 1.82) is 0 Å². The Labute approximate surface area is 203 Å². The maximum Gasteiger partial charge on any atom is 0.251 e. The van der Waals surface area contributed by atoms with Gasteiger partial charge in [-0.05, 0) is 73.4 Å². The number of nitrogens with zero attached hydrogens (tertiary/aromatic N) is 2. The zero-order chi connectivity index (χ0) is 24.1. The first-order valence-corrected chi connectivity index (χ1v) is 12.0. The van der Waals surface area contributed by atoms with Crippen LogP contribution in [0.5, 0.6) is 5.75 Å². The Morgan fingerprint density at radius 3 is 2.29 bits per heavy atom. The van der Waals surface area contributed by atoms with Gasteiger partial charge in [-0.25, -0.2) is 0 Å². The number of benzene rings is 3. The molecule has 4 rings (SSSR count). The predicted octanol–water partition coefficient (Wildman–Crippen LogP) is 5.07. The molecule has 0 aromatic heterocycles. The van der Waals surface area contributed by atoms with Gasteiger partial charge in [0.25, 0.3) is 5.91 Å². The fraction of sp³-hybridized carbons (Fsp3) is 0.345. The zero-order valence-corrected chi connectivity index (χ0v) is 20.6. The van der Waals surface area contributed by atoms with Crippen LogP contribution in [0.25, 0.3) is 0 Å². The van der Waals surface area contributed by atoms with Gasteiger partial charge in [0.2, 0.25) is 0 Å². The van der Waals surface area contributed by atoms with Crippen molar-refractivity contribution in [2.75, 3.05) is 32.1 Å². The minimum Gasteiger partial charge on any atom is -0.491 e. The molecule has 1 aliphatic rings. The van der Waals surface area contributed by atoms with Crippen LogP contribution in [0.1, 0.15) is 46.9 Å². The summed E-state index contributed by atoms with van der Waals surface area (Å²) in [4.78, 5) is 17.5. The first-order chi connectivity index (χ1) is 16.4. The van der Waals surface area contributed by atoms with Gasteiger partial charge < -0.3 is 15.0 Å². The molecule has 0 radical (unpaired) electrons.